The van der Waals surface area contributed by atoms with Crippen molar-refractivity contribution in [1.82, 2.24) is 19.8 Å². The van der Waals surface area contributed by atoms with E-state index in [1.807, 2.05) is 11.0 Å². The number of hydrogen-bond acceptors (Lipinski definition) is 7. The molecule has 7 nitrogen and oxygen atoms in total. The minimum absolute atomic E-state index is 0.0130. The predicted octanol–water partition coefficient (Wildman–Crippen LogP) is 3.37. The number of benzene rings is 1. The van der Waals surface area contributed by atoms with E-state index in [4.69, 9.17) is 11.0 Å². The molecule has 1 aromatic carbocycles. The Morgan fingerprint density at radius 1 is 1.17 bits per heavy atom. The summed E-state index contributed by atoms with van der Waals surface area (Å²) in [6.07, 6.45) is 0. The molecule has 2 N–H and O–H groups in total. The summed E-state index contributed by atoms with van der Waals surface area (Å²) in [5.41, 5.74) is 7.55. The van der Waals surface area contributed by atoms with Crippen LogP contribution in [0.15, 0.2) is 30.3 Å². The second kappa shape index (κ2) is 7.67. The molecule has 0 spiro atoms. The quantitative estimate of drug-likeness (QED) is 0.682. The molecular weight excluding hydrogens is 396 g/mol. The molecule has 1 amide bonds. The zero-order valence-electron chi connectivity index (χ0n) is 17.3. The van der Waals surface area contributed by atoms with Crippen LogP contribution < -0.4 is 5.73 Å². The third-order valence-electron chi connectivity index (χ3n) is 5.40. The first kappa shape index (κ1) is 20.3. The van der Waals surface area contributed by atoms with Crippen molar-refractivity contribution >= 4 is 33.3 Å². The maximum absolute atomic E-state index is 13.1. The average molecular weight is 421 g/mol. The second-order valence-electron chi connectivity index (χ2n) is 8.40. The van der Waals surface area contributed by atoms with Gasteiger partial charge in [0.05, 0.1) is 21.9 Å². The monoisotopic (exact) mass is 420 g/mol. The summed E-state index contributed by atoms with van der Waals surface area (Å²) in [6.45, 7) is 9.73. The Labute approximate surface area is 179 Å². The summed E-state index contributed by atoms with van der Waals surface area (Å²) in [6, 6.07) is 11.0. The number of nitrogens with two attached hydrogens (primary N) is 1. The largest absolute Gasteiger partial charge is 0.383 e. The minimum atomic E-state index is 0.0130. The van der Waals surface area contributed by atoms with Crippen LogP contribution in [0.2, 0.25) is 0 Å². The SMILES string of the molecule is CC(C)(C)N1CCN(C(=O)c2cc3c(N)nc(-c4cccc(C#N)c4)nc3s2)CC1. The van der Waals surface area contributed by atoms with Crippen molar-refractivity contribution in [3.63, 3.8) is 0 Å². The topological polar surface area (TPSA) is 99.1 Å². The van der Waals surface area contributed by atoms with Crippen LogP contribution in [-0.2, 0) is 0 Å². The maximum Gasteiger partial charge on any atom is 0.264 e. The van der Waals surface area contributed by atoms with Gasteiger partial charge in [-0.2, -0.15) is 5.26 Å². The van der Waals surface area contributed by atoms with Crippen molar-refractivity contribution in [3.8, 4) is 17.5 Å². The lowest BCUT2D eigenvalue weighted by Crippen LogP contribution is -2.54. The van der Waals surface area contributed by atoms with Crippen molar-refractivity contribution in [1.29, 1.82) is 5.26 Å². The van der Waals surface area contributed by atoms with E-state index < -0.39 is 0 Å². The molecule has 1 aliphatic heterocycles. The van der Waals surface area contributed by atoms with Crippen molar-refractivity contribution in [2.45, 2.75) is 26.3 Å². The van der Waals surface area contributed by atoms with Crippen molar-refractivity contribution in [2.75, 3.05) is 31.9 Å². The van der Waals surface area contributed by atoms with Crippen LogP contribution in [0.5, 0.6) is 0 Å². The van der Waals surface area contributed by atoms with E-state index in [2.05, 4.69) is 41.7 Å². The molecule has 3 aromatic rings. The number of rotatable bonds is 2. The molecule has 0 unspecified atom stereocenters. The summed E-state index contributed by atoms with van der Waals surface area (Å²) >= 11 is 1.34. The van der Waals surface area contributed by atoms with Gasteiger partial charge in [0.1, 0.15) is 10.6 Å². The van der Waals surface area contributed by atoms with Crippen LogP contribution in [0.4, 0.5) is 5.82 Å². The minimum Gasteiger partial charge on any atom is -0.383 e. The van der Waals surface area contributed by atoms with Gasteiger partial charge >= 0.3 is 0 Å². The number of piperazine rings is 1. The number of amides is 1. The first-order valence-corrected chi connectivity index (χ1v) is 10.7. The molecule has 1 saturated heterocycles. The summed E-state index contributed by atoms with van der Waals surface area (Å²) in [5.74, 6) is 0.806. The first-order chi connectivity index (χ1) is 14.3. The zero-order chi connectivity index (χ0) is 21.5. The number of thiophene rings is 1. The van der Waals surface area contributed by atoms with Gasteiger partial charge in [-0.3, -0.25) is 9.69 Å². The van der Waals surface area contributed by atoms with Crippen LogP contribution in [0, 0.1) is 11.3 Å². The molecule has 0 aliphatic carbocycles. The molecule has 8 heteroatoms. The van der Waals surface area contributed by atoms with Gasteiger partial charge in [-0.05, 0) is 39.0 Å². The highest BCUT2D eigenvalue weighted by atomic mass is 32.1. The summed E-state index contributed by atoms with van der Waals surface area (Å²) in [5, 5.41) is 9.82. The van der Waals surface area contributed by atoms with Crippen molar-refractivity contribution < 1.29 is 4.79 Å². The highest BCUT2D eigenvalue weighted by Gasteiger charge is 2.29. The van der Waals surface area contributed by atoms with E-state index in [0.717, 1.165) is 18.7 Å². The normalized spacial score (nSPS) is 15.3. The van der Waals surface area contributed by atoms with Crippen LogP contribution >= 0.6 is 11.3 Å². The fraction of sp³-hybridized carbons (Fsp3) is 0.364. The number of carbonyl (C=O) groups is 1. The summed E-state index contributed by atoms with van der Waals surface area (Å²) in [7, 11) is 0. The molecule has 30 heavy (non-hydrogen) atoms. The Morgan fingerprint density at radius 2 is 1.90 bits per heavy atom. The van der Waals surface area contributed by atoms with Gasteiger partial charge < -0.3 is 10.6 Å². The number of aromatic nitrogens is 2. The lowest BCUT2D eigenvalue weighted by Gasteiger charge is -2.42. The second-order valence-corrected chi connectivity index (χ2v) is 9.44. The van der Waals surface area contributed by atoms with Gasteiger partial charge in [0, 0.05) is 37.3 Å². The third-order valence-corrected chi connectivity index (χ3v) is 6.42. The van der Waals surface area contributed by atoms with Crippen LogP contribution in [0.3, 0.4) is 0 Å². The Morgan fingerprint density at radius 3 is 2.57 bits per heavy atom. The lowest BCUT2D eigenvalue weighted by molar-refractivity contribution is 0.0455. The van der Waals surface area contributed by atoms with Crippen molar-refractivity contribution in [3.05, 3.63) is 40.8 Å². The molecule has 2 aromatic heterocycles. The Hall–Kier alpha value is -3.02. The number of anilines is 1. The molecule has 0 radical (unpaired) electrons. The molecular formula is C22H24N6OS. The molecule has 0 atom stereocenters. The maximum atomic E-state index is 13.1. The standard InChI is InChI=1S/C22H24N6OS/c1-22(2,3)28-9-7-27(8-10-28)21(29)17-12-16-18(24)25-19(26-20(16)30-17)15-6-4-5-14(11-15)13-23/h4-6,11-12H,7-10H2,1-3H3,(H2,24,25,26). The van der Waals surface area contributed by atoms with Gasteiger partial charge in [-0.1, -0.05) is 12.1 Å². The van der Waals surface area contributed by atoms with E-state index in [9.17, 15) is 4.79 Å². The number of nitriles is 1. The fourth-order valence-corrected chi connectivity index (χ4v) is 4.65. The van der Waals surface area contributed by atoms with Gasteiger partial charge in [-0.25, -0.2) is 9.97 Å². The van der Waals surface area contributed by atoms with E-state index in [-0.39, 0.29) is 11.4 Å². The van der Waals surface area contributed by atoms with Crippen LogP contribution in [0.25, 0.3) is 21.6 Å². The van der Waals surface area contributed by atoms with E-state index in [1.54, 1.807) is 24.3 Å². The smallest absolute Gasteiger partial charge is 0.264 e. The molecule has 4 rings (SSSR count). The summed E-state index contributed by atoms with van der Waals surface area (Å²) < 4.78 is 0. The van der Waals surface area contributed by atoms with E-state index in [1.165, 1.54) is 11.3 Å². The van der Waals surface area contributed by atoms with Gasteiger partial charge in [0.2, 0.25) is 0 Å². The van der Waals surface area contributed by atoms with E-state index in [0.29, 0.717) is 45.4 Å². The zero-order valence-corrected chi connectivity index (χ0v) is 18.2. The van der Waals surface area contributed by atoms with Gasteiger partial charge in [0.25, 0.3) is 5.91 Å². The molecule has 0 bridgehead atoms. The van der Waals surface area contributed by atoms with Crippen LogP contribution in [-0.4, -0.2) is 57.4 Å². The third kappa shape index (κ3) is 3.86. The number of fused-ring (bicyclic) bond motifs is 1. The van der Waals surface area contributed by atoms with Gasteiger partial charge in [-0.15, -0.1) is 11.3 Å². The van der Waals surface area contributed by atoms with Crippen molar-refractivity contribution in [2.24, 2.45) is 0 Å². The molecule has 154 valence electrons. The highest BCUT2D eigenvalue weighted by molar-refractivity contribution is 7.20. The molecule has 0 saturated carbocycles. The predicted molar refractivity (Wildman–Crippen MR) is 119 cm³/mol. The number of carbonyl (C=O) groups excluding carboxylic acids is 1. The molecule has 1 aliphatic rings. The van der Waals surface area contributed by atoms with Crippen LogP contribution in [0.1, 0.15) is 36.0 Å². The Kier molecular flexibility index (Phi) is 5.18. The first-order valence-electron chi connectivity index (χ1n) is 9.88. The Balaban J connectivity index is 1.60. The lowest BCUT2D eigenvalue weighted by atomic mass is 10.0. The number of nitrogens with zero attached hydrogens (tertiary/aromatic N) is 5. The fourth-order valence-electron chi connectivity index (χ4n) is 3.64. The number of nitrogen functional groups attached to an aromatic ring is 1. The molecule has 1 fully saturated rings. The molecule has 3 heterocycles. The number of hydrogen-bond donors (Lipinski definition) is 1. The highest BCUT2D eigenvalue weighted by Crippen LogP contribution is 2.31. The summed E-state index contributed by atoms with van der Waals surface area (Å²) in [4.78, 5) is 27.7. The van der Waals surface area contributed by atoms with E-state index >= 15 is 0 Å². The Bertz CT molecular complexity index is 1150. The van der Waals surface area contributed by atoms with Gasteiger partial charge in [0.15, 0.2) is 5.82 Å². The average Bonchev–Trinajstić information content (AvgIpc) is 3.17.